The van der Waals surface area contributed by atoms with Crippen LogP contribution in [-0.2, 0) is 10.2 Å². The van der Waals surface area contributed by atoms with Crippen molar-refractivity contribution in [3.05, 3.63) is 28.8 Å². The molecular weight excluding hydrogens is 432 g/mol. The van der Waals surface area contributed by atoms with Gasteiger partial charge in [0.25, 0.3) is 0 Å². The number of nitriles is 2. The Morgan fingerprint density at radius 2 is 1.57 bits per heavy atom. The van der Waals surface area contributed by atoms with Gasteiger partial charge in [0, 0.05) is 0 Å². The molecule has 1 aromatic rings. The lowest BCUT2D eigenvalue weighted by Gasteiger charge is -2.54. The summed E-state index contributed by atoms with van der Waals surface area (Å²) in [6.45, 7) is 4.48. The number of rotatable bonds is 9. The van der Waals surface area contributed by atoms with Gasteiger partial charge in [-0.3, -0.25) is 4.79 Å². The fourth-order valence-electron chi connectivity index (χ4n) is 7.42. The van der Waals surface area contributed by atoms with Gasteiger partial charge in [-0.1, -0.05) is 52.0 Å². The number of benzene rings is 1. The highest BCUT2D eigenvalue weighted by molar-refractivity contribution is 5.76. The van der Waals surface area contributed by atoms with Gasteiger partial charge in [-0.25, -0.2) is 0 Å². The Balaban J connectivity index is 1.49. The van der Waals surface area contributed by atoms with Crippen LogP contribution in [0.5, 0.6) is 5.75 Å². The van der Waals surface area contributed by atoms with Crippen LogP contribution in [0.15, 0.2) is 12.1 Å². The summed E-state index contributed by atoms with van der Waals surface area (Å²) in [6.07, 6.45) is 18.5. The molecule has 0 saturated heterocycles. The number of nitrogens with zero attached hydrogens (tertiary/aromatic N) is 2. The molecule has 4 fully saturated rings. The molecule has 188 valence electrons. The molecule has 35 heavy (non-hydrogen) atoms. The summed E-state index contributed by atoms with van der Waals surface area (Å²) in [5, 5.41) is 20.1. The fraction of sp³-hybridized carbons (Fsp3) is 0.710. The Labute approximate surface area is 212 Å². The molecule has 0 aromatic heterocycles. The second-order valence-electron chi connectivity index (χ2n) is 11.7. The lowest BCUT2D eigenvalue weighted by molar-refractivity contribution is -0.140. The van der Waals surface area contributed by atoms with Crippen LogP contribution < -0.4 is 4.74 Å². The second-order valence-corrected chi connectivity index (χ2v) is 11.7. The summed E-state index contributed by atoms with van der Waals surface area (Å²) in [6, 6.07) is 8.35. The summed E-state index contributed by atoms with van der Waals surface area (Å²) in [7, 11) is 0. The molecule has 4 saturated carbocycles. The van der Waals surface area contributed by atoms with Crippen LogP contribution in [-0.4, -0.2) is 5.97 Å². The van der Waals surface area contributed by atoms with E-state index in [0.29, 0.717) is 11.0 Å². The highest BCUT2D eigenvalue weighted by Crippen LogP contribution is 2.60. The fourth-order valence-corrected chi connectivity index (χ4v) is 7.42. The van der Waals surface area contributed by atoms with Crippen LogP contribution in [0, 0.1) is 39.9 Å². The quantitative estimate of drug-likeness (QED) is 0.206. The van der Waals surface area contributed by atoms with E-state index in [9.17, 15) is 15.3 Å². The molecule has 0 atom stereocenters. The van der Waals surface area contributed by atoms with E-state index in [1.165, 1.54) is 57.8 Å². The molecule has 0 radical (unpaired) electrons. The van der Waals surface area contributed by atoms with Crippen LogP contribution >= 0.6 is 0 Å². The zero-order chi connectivity index (χ0) is 24.9. The number of carbonyl (C=O) groups is 1. The summed E-state index contributed by atoms with van der Waals surface area (Å²) in [5.41, 5.74) is 2.18. The summed E-state index contributed by atoms with van der Waals surface area (Å²) in [4.78, 5) is 12.9. The average molecular weight is 475 g/mol. The van der Waals surface area contributed by atoms with Crippen molar-refractivity contribution in [1.29, 1.82) is 10.5 Å². The van der Waals surface area contributed by atoms with Gasteiger partial charge >= 0.3 is 5.97 Å². The molecule has 1 aromatic carbocycles. The molecule has 5 rings (SSSR count). The summed E-state index contributed by atoms with van der Waals surface area (Å²) >= 11 is 0. The van der Waals surface area contributed by atoms with E-state index < -0.39 is 0 Å². The Hall–Kier alpha value is -2.33. The van der Waals surface area contributed by atoms with E-state index in [1.807, 2.05) is 6.07 Å². The first kappa shape index (κ1) is 25.8. The lowest BCUT2D eigenvalue weighted by atomic mass is 9.50. The normalized spacial score (nSPS) is 29.8. The number of carbonyl (C=O) groups excluding carboxylic acids is 1. The van der Waals surface area contributed by atoms with Gasteiger partial charge in [-0.2, -0.15) is 10.5 Å². The van der Waals surface area contributed by atoms with Gasteiger partial charge in [0.05, 0.1) is 11.5 Å². The van der Waals surface area contributed by atoms with Crippen molar-refractivity contribution < 1.29 is 9.53 Å². The average Bonchev–Trinajstić information content (AvgIpc) is 2.90. The minimum atomic E-state index is -0.238. The minimum Gasteiger partial charge on any atom is -0.425 e. The SMILES string of the molecule is CCCCCC12CCC(c3ccc(OC(=O)[C@H]4CC[C@H](CCC)CC4)c(C#N)c3C#N)(CC1)CC2. The zero-order valence-electron chi connectivity index (χ0n) is 21.8. The maximum absolute atomic E-state index is 12.9. The van der Waals surface area contributed by atoms with Crippen molar-refractivity contribution in [3.63, 3.8) is 0 Å². The van der Waals surface area contributed by atoms with Gasteiger partial charge < -0.3 is 4.74 Å². The number of unbranched alkanes of at least 4 members (excludes halogenated alkanes) is 2. The molecule has 0 amide bonds. The van der Waals surface area contributed by atoms with E-state index in [0.717, 1.165) is 56.4 Å². The van der Waals surface area contributed by atoms with Gasteiger partial charge in [-0.05, 0) is 99.0 Å². The standard InChI is InChI=1S/C31H42N2O2/c1-3-5-6-14-30-15-18-31(19-16-30,20-17-30)27-12-13-28(26(22-33)25(27)21-32)35-29(34)24-10-8-23(7-4-2)9-11-24/h12-13,23-24H,3-11,14-20H2,1-2H3/t23-,24-,30?,31?. The molecule has 0 spiro atoms. The zero-order valence-corrected chi connectivity index (χ0v) is 21.8. The van der Waals surface area contributed by atoms with Crippen molar-refractivity contribution in [2.45, 2.75) is 122 Å². The highest BCUT2D eigenvalue weighted by Gasteiger charge is 2.50. The third kappa shape index (κ3) is 5.28. The number of esters is 1. The largest absolute Gasteiger partial charge is 0.425 e. The second kappa shape index (κ2) is 11.2. The van der Waals surface area contributed by atoms with Crippen LogP contribution in [0.1, 0.15) is 133 Å². The van der Waals surface area contributed by atoms with Crippen molar-refractivity contribution in [1.82, 2.24) is 0 Å². The first-order valence-corrected chi connectivity index (χ1v) is 14.2. The van der Waals surface area contributed by atoms with E-state index in [-0.39, 0.29) is 28.6 Å². The van der Waals surface area contributed by atoms with Crippen molar-refractivity contribution >= 4 is 5.97 Å². The molecule has 4 aliphatic carbocycles. The summed E-state index contributed by atoms with van der Waals surface area (Å²) in [5.74, 6) is 0.652. The third-order valence-corrected chi connectivity index (χ3v) is 9.76. The molecule has 0 N–H and O–H groups in total. The minimum absolute atomic E-state index is 0.0105. The topological polar surface area (TPSA) is 73.9 Å². The number of ether oxygens (including phenoxy) is 1. The van der Waals surface area contributed by atoms with Crippen molar-refractivity contribution in [2.75, 3.05) is 0 Å². The molecular formula is C31H42N2O2. The Kier molecular flexibility index (Phi) is 8.21. The molecule has 0 unspecified atom stereocenters. The maximum atomic E-state index is 12.9. The molecule has 4 aliphatic rings. The van der Waals surface area contributed by atoms with Crippen LogP contribution in [0.2, 0.25) is 0 Å². The Morgan fingerprint density at radius 1 is 0.914 bits per heavy atom. The molecule has 0 heterocycles. The molecule has 2 bridgehead atoms. The molecule has 4 nitrogen and oxygen atoms in total. The first-order chi connectivity index (χ1) is 17.0. The van der Waals surface area contributed by atoms with Crippen LogP contribution in [0.4, 0.5) is 0 Å². The van der Waals surface area contributed by atoms with Gasteiger partial charge in [0.15, 0.2) is 0 Å². The molecule has 4 heteroatoms. The molecule has 0 aliphatic heterocycles. The maximum Gasteiger partial charge on any atom is 0.314 e. The Bertz CT molecular complexity index is 966. The monoisotopic (exact) mass is 474 g/mol. The predicted molar refractivity (Wildman–Crippen MR) is 138 cm³/mol. The highest BCUT2D eigenvalue weighted by atomic mass is 16.5. The van der Waals surface area contributed by atoms with Crippen LogP contribution in [0.25, 0.3) is 0 Å². The number of hydrogen-bond donors (Lipinski definition) is 0. The number of hydrogen-bond acceptors (Lipinski definition) is 4. The van der Waals surface area contributed by atoms with E-state index in [1.54, 1.807) is 6.07 Å². The van der Waals surface area contributed by atoms with E-state index >= 15 is 0 Å². The Morgan fingerprint density at radius 3 is 2.14 bits per heavy atom. The third-order valence-electron chi connectivity index (χ3n) is 9.76. The lowest BCUT2D eigenvalue weighted by Crippen LogP contribution is -2.44. The van der Waals surface area contributed by atoms with Gasteiger partial charge in [-0.15, -0.1) is 0 Å². The van der Waals surface area contributed by atoms with Gasteiger partial charge in [0.1, 0.15) is 23.5 Å². The summed E-state index contributed by atoms with van der Waals surface area (Å²) < 4.78 is 5.79. The first-order valence-electron chi connectivity index (χ1n) is 14.2. The van der Waals surface area contributed by atoms with Crippen LogP contribution in [0.3, 0.4) is 0 Å². The number of fused-ring (bicyclic) bond motifs is 3. The van der Waals surface area contributed by atoms with E-state index in [2.05, 4.69) is 26.0 Å². The van der Waals surface area contributed by atoms with Crippen molar-refractivity contribution in [2.24, 2.45) is 17.3 Å². The van der Waals surface area contributed by atoms with Crippen molar-refractivity contribution in [3.8, 4) is 17.9 Å². The predicted octanol–water partition coefficient (Wildman–Crippen LogP) is 8.11. The van der Waals surface area contributed by atoms with E-state index in [4.69, 9.17) is 4.74 Å². The smallest absolute Gasteiger partial charge is 0.314 e. The van der Waals surface area contributed by atoms with Gasteiger partial charge in [0.2, 0.25) is 0 Å².